The number of hydrogen-bond donors (Lipinski definition) is 0. The van der Waals surface area contributed by atoms with E-state index >= 15 is 0 Å². The highest BCUT2D eigenvalue weighted by Crippen LogP contribution is 2.41. The molecule has 0 bridgehead atoms. The normalized spacial score (nSPS) is 26.4. The first-order valence-corrected chi connectivity index (χ1v) is 72.9. The van der Waals surface area contributed by atoms with Crippen LogP contribution in [0.25, 0.3) is 0 Å². The highest BCUT2D eigenvalue weighted by atomic mass is 28.5. The van der Waals surface area contributed by atoms with Gasteiger partial charge in [0.2, 0.25) is 0 Å². The molecule has 3 unspecified atom stereocenters. The third kappa shape index (κ3) is 35.9. The fourth-order valence-electron chi connectivity index (χ4n) is 9.98. The molecule has 2 rings (SSSR count). The van der Waals surface area contributed by atoms with E-state index in [9.17, 15) is 0 Å². The predicted octanol–water partition coefficient (Wildman–Crippen LogP) is 14.3. The van der Waals surface area contributed by atoms with Crippen LogP contribution in [0.4, 0.5) is 0 Å². The average molecular weight is 1430 g/mol. The Labute approximate surface area is 517 Å². The van der Waals surface area contributed by atoms with E-state index in [0.29, 0.717) is 24.2 Å². The molecule has 3 atom stereocenters. The number of hydrogen-bond acceptors (Lipinski definition) is 17. The van der Waals surface area contributed by atoms with Crippen LogP contribution in [0, 0.1) is 0 Å². The monoisotopic (exact) mass is 1420 g/mol. The van der Waals surface area contributed by atoms with E-state index in [0.717, 1.165) is 48.7 Å². The molecule has 0 radical (unpaired) electrons. The van der Waals surface area contributed by atoms with E-state index in [1.807, 2.05) is 0 Å². The zero-order valence-corrected chi connectivity index (χ0v) is 74.1. The molecule has 2 heterocycles. The van der Waals surface area contributed by atoms with Crippen LogP contribution in [0.15, 0.2) is 39.5 Å². The summed E-state index contributed by atoms with van der Waals surface area (Å²) in [6.07, 6.45) is 1.89. The standard InChI is InChI=1S/C24H66O9Si9.C18H50O8Si7.3C2H4/c1-25-42(26-2,27-3)23-22-40(16)31-38(13,14)30-39(15,20-18-36(9,10)28-24-34(4)5)32-41(17,33-40)21-19-37(11,12)29-35(6,7)8;1-19-33(20-2,21-3)17-16-32(13)25-29(8,9)23-31(12,24-30(10,11)26-32)15-14-28(6,7)22-18-27(4)5;3*1-2/h34H,18-24H2,1-17H3;27H,14-18H2,1-13H3;3*1-2H2. The summed E-state index contributed by atoms with van der Waals surface area (Å²) in [7, 11) is -25.2. The van der Waals surface area contributed by atoms with Crippen molar-refractivity contribution in [2.24, 2.45) is 0 Å². The van der Waals surface area contributed by atoms with Crippen LogP contribution in [0.3, 0.4) is 0 Å². The maximum atomic E-state index is 7.35. The van der Waals surface area contributed by atoms with E-state index in [1.165, 1.54) is 0 Å². The average Bonchev–Trinajstić information content (AvgIpc) is 3.32. The van der Waals surface area contributed by atoms with E-state index in [4.69, 9.17) is 72.4 Å². The van der Waals surface area contributed by atoms with E-state index in [-0.39, 0.29) is 0 Å². The summed E-state index contributed by atoms with van der Waals surface area (Å²) < 4.78 is 110. The van der Waals surface area contributed by atoms with Crippen LogP contribution in [-0.2, 0) is 72.4 Å². The minimum absolute atomic E-state index is 0.623. The van der Waals surface area contributed by atoms with Gasteiger partial charge in [0.25, 0.3) is 0 Å². The van der Waals surface area contributed by atoms with E-state index < -0.39 is 137 Å². The summed E-state index contributed by atoms with van der Waals surface area (Å²) in [6.45, 7) is 71.9. The Kier molecular flexibility index (Phi) is 39.6. The van der Waals surface area contributed by atoms with Gasteiger partial charge >= 0.3 is 86.1 Å². The molecule has 2 aliphatic heterocycles. The quantitative estimate of drug-likeness (QED) is 0.0514. The Hall–Kier alpha value is 2.01. The van der Waals surface area contributed by atoms with Gasteiger partial charge in [-0.3, -0.25) is 0 Å². The van der Waals surface area contributed by atoms with Gasteiger partial charge in [0.05, 0.1) is 17.6 Å². The maximum absolute atomic E-state index is 7.35. The minimum atomic E-state index is -2.81. The molecular formula is C48H128O17Si16. The van der Waals surface area contributed by atoms with Crippen LogP contribution in [0.1, 0.15) is 0 Å². The Balaban J connectivity index is -0.00000141. The Morgan fingerprint density at radius 3 is 0.728 bits per heavy atom. The SMILES string of the molecule is C=C.C=C.C=C.CO[Si](CC[Si]1(C)O[Si](C)(C)O[Si](C)(CC[Si](C)(C)OC[SiH](C)C)O[Si](C)(C)O1)(OC)OC.CO[Si](CC[Si]1(C)O[Si](C)(C)O[Si](C)(CC[Si](C)(C)OC[SiH](C)C)O[Si](C)(CC[Si](C)(C)O[Si](C)(C)C)O1)(OC)OC. The van der Waals surface area contributed by atoms with Crippen molar-refractivity contribution in [1.29, 1.82) is 0 Å². The van der Waals surface area contributed by atoms with Crippen molar-refractivity contribution < 1.29 is 72.4 Å². The minimum Gasteiger partial charge on any atom is -0.456 e. The molecule has 33 heteroatoms. The van der Waals surface area contributed by atoms with Crippen molar-refractivity contribution in [3.05, 3.63) is 39.5 Å². The highest BCUT2D eigenvalue weighted by molar-refractivity contribution is 6.96. The van der Waals surface area contributed by atoms with Crippen molar-refractivity contribution in [3.8, 4) is 0 Å². The molecule has 81 heavy (non-hydrogen) atoms. The molecule has 17 nitrogen and oxygen atoms in total. The summed E-state index contributed by atoms with van der Waals surface area (Å²) in [5, 5.41) is 0. The molecule has 0 aromatic carbocycles. The van der Waals surface area contributed by atoms with Gasteiger partial charge in [0.15, 0.2) is 33.3 Å². The highest BCUT2D eigenvalue weighted by Gasteiger charge is 2.58. The lowest BCUT2D eigenvalue weighted by atomic mass is 10.9. The lowest BCUT2D eigenvalue weighted by Gasteiger charge is -2.50. The first kappa shape index (κ1) is 87.2. The van der Waals surface area contributed by atoms with Crippen LogP contribution in [-0.4, -0.2) is 192 Å². The summed E-state index contributed by atoms with van der Waals surface area (Å²) in [5.74, 6) is 0. The van der Waals surface area contributed by atoms with Crippen molar-refractivity contribution >= 4 is 137 Å². The Morgan fingerprint density at radius 1 is 0.321 bits per heavy atom. The van der Waals surface area contributed by atoms with Gasteiger partial charge in [-0.1, -0.05) is 26.2 Å². The molecule has 486 valence electrons. The predicted molar refractivity (Wildman–Crippen MR) is 381 cm³/mol. The van der Waals surface area contributed by atoms with E-state index in [2.05, 4.69) is 197 Å². The molecule has 0 N–H and O–H groups in total. The van der Waals surface area contributed by atoms with Crippen molar-refractivity contribution in [2.75, 3.05) is 55.1 Å². The third-order valence-corrected chi connectivity index (χ3v) is 69.1. The summed E-state index contributed by atoms with van der Waals surface area (Å²) >= 11 is 0. The zero-order chi connectivity index (χ0) is 64.7. The van der Waals surface area contributed by atoms with Crippen LogP contribution < -0.4 is 0 Å². The molecule has 2 aliphatic rings. The molecule has 0 saturated carbocycles. The summed E-state index contributed by atoms with van der Waals surface area (Å²) in [4.78, 5) is 0. The molecule has 2 saturated heterocycles. The fourth-order valence-corrected chi connectivity index (χ4v) is 85.2. The second-order valence-corrected chi connectivity index (χ2v) is 85.5. The van der Waals surface area contributed by atoms with Crippen molar-refractivity contribution in [1.82, 2.24) is 0 Å². The van der Waals surface area contributed by atoms with Gasteiger partial charge in [0.1, 0.15) is 0 Å². The lowest BCUT2D eigenvalue weighted by molar-refractivity contribution is 0.123. The van der Waals surface area contributed by atoms with Crippen LogP contribution >= 0.6 is 0 Å². The Bertz CT molecular complexity index is 1710. The van der Waals surface area contributed by atoms with Gasteiger partial charge in [-0.15, -0.1) is 39.5 Å². The van der Waals surface area contributed by atoms with Crippen LogP contribution in [0.5, 0.6) is 0 Å². The van der Waals surface area contributed by atoms with E-state index in [1.54, 1.807) is 42.7 Å². The first-order chi connectivity index (χ1) is 36.6. The summed E-state index contributed by atoms with van der Waals surface area (Å²) in [6, 6.07) is 8.38. The number of rotatable bonds is 29. The molecule has 0 spiro atoms. The second-order valence-electron chi connectivity index (χ2n) is 26.7. The molecule has 0 aliphatic carbocycles. The molecule has 0 aromatic rings. The first-order valence-electron chi connectivity index (χ1n) is 29.0. The second kappa shape index (κ2) is 36.8. The van der Waals surface area contributed by atoms with Gasteiger partial charge in [-0.05, 0) is 179 Å². The van der Waals surface area contributed by atoms with Gasteiger partial charge in [0, 0.05) is 67.2 Å². The largest absolute Gasteiger partial charge is 0.500 e. The van der Waals surface area contributed by atoms with Crippen molar-refractivity contribution in [2.45, 2.75) is 218 Å². The zero-order valence-electron chi connectivity index (χ0n) is 57.8. The summed E-state index contributed by atoms with van der Waals surface area (Å²) in [5.41, 5.74) is 0. The molecule has 0 aromatic heterocycles. The molecule has 0 amide bonds. The van der Waals surface area contributed by atoms with Gasteiger partial charge in [-0.25, -0.2) is 0 Å². The van der Waals surface area contributed by atoms with Gasteiger partial charge in [-0.2, -0.15) is 0 Å². The molecular weight excluding hydrogens is 1300 g/mol. The topological polar surface area (TPSA) is 157 Å². The van der Waals surface area contributed by atoms with Crippen molar-refractivity contribution in [3.63, 3.8) is 0 Å². The Morgan fingerprint density at radius 2 is 0.519 bits per heavy atom. The fraction of sp³-hybridized carbons (Fsp3) is 0.875. The third-order valence-electron chi connectivity index (χ3n) is 13.0. The molecule has 2 fully saturated rings. The smallest absolute Gasteiger partial charge is 0.456 e. The lowest BCUT2D eigenvalue weighted by Crippen LogP contribution is -2.67. The van der Waals surface area contributed by atoms with Gasteiger partial charge < -0.3 is 72.4 Å². The maximum Gasteiger partial charge on any atom is 0.500 e. The van der Waals surface area contributed by atoms with Crippen LogP contribution in [0.2, 0.25) is 218 Å².